The maximum atomic E-state index is 2.75. The molecule has 0 amide bonds. The van der Waals surface area contributed by atoms with Crippen LogP contribution in [0.5, 0.6) is 0 Å². The van der Waals surface area contributed by atoms with E-state index in [9.17, 15) is 0 Å². The summed E-state index contributed by atoms with van der Waals surface area (Å²) < 4.78 is 0. The van der Waals surface area contributed by atoms with Gasteiger partial charge in [0.05, 0.1) is 0 Å². The van der Waals surface area contributed by atoms with Crippen LogP contribution >= 0.6 is 8.58 Å². The summed E-state index contributed by atoms with van der Waals surface area (Å²) in [6.45, 7) is 0. The Morgan fingerprint density at radius 3 is 1.31 bits per heavy atom. The summed E-state index contributed by atoms with van der Waals surface area (Å²) in [7, 11) is 4.53. The molecule has 0 saturated carbocycles. The monoisotopic (exact) mass is 231 g/mol. The van der Waals surface area contributed by atoms with E-state index in [1.165, 1.54) is 10.6 Å². The van der Waals surface area contributed by atoms with Crippen molar-refractivity contribution in [1.29, 1.82) is 0 Å². The molecule has 2 rings (SSSR count). The normalized spacial score (nSPS) is 9.12. The van der Waals surface area contributed by atoms with E-state index in [1.54, 1.807) is 0 Å². The summed E-state index contributed by atoms with van der Waals surface area (Å²) in [5, 5.41) is 5.54. The van der Waals surface area contributed by atoms with Crippen LogP contribution in [-0.4, -0.2) is 14.1 Å². The first-order valence-corrected chi connectivity index (χ1v) is 6.32. The third kappa shape index (κ3) is 5.06. The maximum Gasteiger partial charge on any atom is -0.0167 e. The molecule has 2 heteroatoms. The summed E-state index contributed by atoms with van der Waals surface area (Å²) in [5.41, 5.74) is 0. The summed E-state index contributed by atoms with van der Waals surface area (Å²) in [4.78, 5) is 0. The molecule has 0 unspecified atom stereocenters. The number of benzene rings is 2. The van der Waals surface area contributed by atoms with Crippen molar-refractivity contribution in [3.8, 4) is 0 Å². The van der Waals surface area contributed by atoms with E-state index >= 15 is 0 Å². The van der Waals surface area contributed by atoms with Crippen LogP contribution in [0.2, 0.25) is 0 Å². The molecule has 0 saturated heterocycles. The zero-order valence-corrected chi connectivity index (χ0v) is 10.8. The molecule has 84 valence electrons. The minimum absolute atomic E-state index is 0.777. The van der Waals surface area contributed by atoms with Crippen LogP contribution in [0.4, 0.5) is 0 Å². The van der Waals surface area contributed by atoms with Crippen LogP contribution < -0.4 is 15.9 Å². The molecular formula is C14H18NP. The lowest BCUT2D eigenvalue weighted by Gasteiger charge is -2.00. The van der Waals surface area contributed by atoms with Gasteiger partial charge >= 0.3 is 0 Å². The van der Waals surface area contributed by atoms with E-state index in [-0.39, 0.29) is 0 Å². The van der Waals surface area contributed by atoms with Crippen molar-refractivity contribution in [1.82, 2.24) is 5.32 Å². The highest BCUT2D eigenvalue weighted by Crippen LogP contribution is 2.08. The van der Waals surface area contributed by atoms with E-state index in [0.717, 1.165) is 8.58 Å². The molecule has 1 N–H and O–H groups in total. The molecule has 0 spiro atoms. The third-order valence-corrected chi connectivity index (χ3v) is 3.08. The molecule has 2 aromatic carbocycles. The Kier molecular flexibility index (Phi) is 6.48. The van der Waals surface area contributed by atoms with Gasteiger partial charge in [0.25, 0.3) is 0 Å². The lowest BCUT2D eigenvalue weighted by molar-refractivity contribution is 1.02. The fourth-order valence-electron chi connectivity index (χ4n) is 1.21. The molecule has 0 aromatic heterocycles. The lowest BCUT2D eigenvalue weighted by atomic mass is 10.4. The molecular weight excluding hydrogens is 213 g/mol. The average molecular weight is 231 g/mol. The minimum atomic E-state index is 0.777. The van der Waals surface area contributed by atoms with E-state index in [4.69, 9.17) is 0 Å². The molecule has 2 aromatic rings. The van der Waals surface area contributed by atoms with Gasteiger partial charge in [-0.25, -0.2) is 0 Å². The van der Waals surface area contributed by atoms with Crippen molar-refractivity contribution in [3.63, 3.8) is 0 Å². The molecule has 0 bridgehead atoms. The smallest absolute Gasteiger partial charge is 0.0167 e. The predicted octanol–water partition coefficient (Wildman–Crippen LogP) is 2.15. The van der Waals surface area contributed by atoms with Gasteiger partial charge in [-0.15, -0.1) is 0 Å². The molecule has 16 heavy (non-hydrogen) atoms. The highest BCUT2D eigenvalue weighted by molar-refractivity contribution is 7.55. The van der Waals surface area contributed by atoms with Crippen molar-refractivity contribution in [2.45, 2.75) is 0 Å². The number of nitrogens with one attached hydrogen (secondary N) is 1. The molecule has 1 nitrogen and oxygen atoms in total. The van der Waals surface area contributed by atoms with Crippen molar-refractivity contribution >= 4 is 19.2 Å². The Hall–Kier alpha value is -1.17. The number of hydrogen-bond acceptors (Lipinski definition) is 1. The minimum Gasteiger partial charge on any atom is -0.323 e. The zero-order chi connectivity index (χ0) is 11.6. The van der Waals surface area contributed by atoms with Crippen LogP contribution in [0, 0.1) is 0 Å². The first-order chi connectivity index (χ1) is 7.86. The van der Waals surface area contributed by atoms with Gasteiger partial charge < -0.3 is 5.32 Å². The Balaban J connectivity index is 0.000000386. The largest absolute Gasteiger partial charge is 0.323 e. The second-order valence-corrected chi connectivity index (χ2v) is 4.76. The molecule has 0 atom stereocenters. The van der Waals surface area contributed by atoms with Gasteiger partial charge in [0.2, 0.25) is 0 Å². The first kappa shape index (κ1) is 12.9. The molecule has 0 heterocycles. The van der Waals surface area contributed by atoms with Gasteiger partial charge in [0, 0.05) is 0 Å². The Morgan fingerprint density at radius 2 is 1.00 bits per heavy atom. The summed E-state index contributed by atoms with van der Waals surface area (Å²) in [6.07, 6.45) is 0. The second-order valence-electron chi connectivity index (χ2n) is 3.36. The van der Waals surface area contributed by atoms with Crippen molar-refractivity contribution < 1.29 is 0 Å². The standard InChI is InChI=1S/C12H11P.C2H7N/c1-3-7-11(8-4-1)13-12-9-5-2-6-10-12;1-3-2/h1-10,13H;3H,1-2H3. The zero-order valence-electron chi connectivity index (χ0n) is 9.77. The topological polar surface area (TPSA) is 12.0 Å². The van der Waals surface area contributed by atoms with Gasteiger partial charge in [-0.2, -0.15) is 0 Å². The number of rotatable bonds is 2. The quantitative estimate of drug-likeness (QED) is 0.781. The summed E-state index contributed by atoms with van der Waals surface area (Å²) >= 11 is 0. The fourth-order valence-corrected chi connectivity index (χ4v) is 2.26. The van der Waals surface area contributed by atoms with E-state index in [1.807, 2.05) is 14.1 Å². The Labute approximate surface area is 99.7 Å². The number of hydrogen-bond donors (Lipinski definition) is 1. The third-order valence-electron chi connectivity index (χ3n) is 1.84. The van der Waals surface area contributed by atoms with Crippen LogP contribution in [0.3, 0.4) is 0 Å². The Morgan fingerprint density at radius 1 is 0.688 bits per heavy atom. The van der Waals surface area contributed by atoms with Crippen LogP contribution in [0.1, 0.15) is 0 Å². The van der Waals surface area contributed by atoms with Crippen molar-refractivity contribution in [2.75, 3.05) is 14.1 Å². The summed E-state index contributed by atoms with van der Waals surface area (Å²) in [6, 6.07) is 21.2. The van der Waals surface area contributed by atoms with E-state index in [0.29, 0.717) is 0 Å². The predicted molar refractivity (Wildman–Crippen MR) is 75.5 cm³/mol. The molecule has 0 aliphatic heterocycles. The van der Waals surface area contributed by atoms with Crippen LogP contribution in [0.15, 0.2) is 60.7 Å². The van der Waals surface area contributed by atoms with E-state index < -0.39 is 0 Å². The van der Waals surface area contributed by atoms with Crippen LogP contribution in [-0.2, 0) is 0 Å². The summed E-state index contributed by atoms with van der Waals surface area (Å²) in [5.74, 6) is 0. The van der Waals surface area contributed by atoms with Gasteiger partial charge in [0.15, 0.2) is 0 Å². The van der Waals surface area contributed by atoms with Gasteiger partial charge in [-0.1, -0.05) is 69.2 Å². The molecule has 0 aliphatic rings. The van der Waals surface area contributed by atoms with Gasteiger partial charge in [0.1, 0.15) is 0 Å². The fraction of sp³-hybridized carbons (Fsp3) is 0.143. The average Bonchev–Trinajstić information content (AvgIpc) is 2.33. The SMILES string of the molecule is CNC.c1ccc(Pc2ccccc2)cc1. The molecule has 0 radical (unpaired) electrons. The van der Waals surface area contributed by atoms with Gasteiger partial charge in [-0.3, -0.25) is 0 Å². The van der Waals surface area contributed by atoms with E-state index in [2.05, 4.69) is 66.0 Å². The second kappa shape index (κ2) is 8.04. The molecule has 0 aliphatic carbocycles. The highest BCUT2D eigenvalue weighted by Gasteiger charge is 1.92. The van der Waals surface area contributed by atoms with Gasteiger partial charge in [-0.05, 0) is 24.7 Å². The first-order valence-electron chi connectivity index (χ1n) is 5.32. The highest BCUT2D eigenvalue weighted by atomic mass is 31.1. The maximum absolute atomic E-state index is 2.75. The lowest BCUT2D eigenvalue weighted by Crippen LogP contribution is -2.01. The van der Waals surface area contributed by atoms with Crippen molar-refractivity contribution in [2.24, 2.45) is 0 Å². The van der Waals surface area contributed by atoms with Crippen molar-refractivity contribution in [3.05, 3.63) is 60.7 Å². The van der Waals surface area contributed by atoms with Crippen LogP contribution in [0.25, 0.3) is 0 Å². The molecule has 0 fully saturated rings. The Bertz CT molecular complexity index is 335.